The lowest BCUT2D eigenvalue weighted by Crippen LogP contribution is -2.56. The van der Waals surface area contributed by atoms with E-state index in [1.807, 2.05) is 20.9 Å². The molecule has 1 saturated carbocycles. The van der Waals surface area contributed by atoms with Crippen LogP contribution in [0.25, 0.3) is 0 Å². The summed E-state index contributed by atoms with van der Waals surface area (Å²) >= 11 is 0. The van der Waals surface area contributed by atoms with Gasteiger partial charge in [0.1, 0.15) is 0 Å². The van der Waals surface area contributed by atoms with Crippen LogP contribution in [0.2, 0.25) is 0 Å². The van der Waals surface area contributed by atoms with E-state index in [4.69, 9.17) is 0 Å². The summed E-state index contributed by atoms with van der Waals surface area (Å²) in [5.74, 6) is -0.123. The molecule has 2 N–H and O–H groups in total. The normalized spacial score (nSPS) is 17.6. The molecule has 0 bridgehead atoms. The van der Waals surface area contributed by atoms with Crippen LogP contribution in [-0.2, 0) is 7.05 Å². The number of hydrogen-bond donors (Lipinski definition) is 2. The first-order valence-corrected chi connectivity index (χ1v) is 5.93. The Balaban J connectivity index is 2.20. The number of hydrogen-bond acceptors (Lipinski definition) is 3. The first-order chi connectivity index (χ1) is 7.99. The zero-order valence-electron chi connectivity index (χ0n) is 10.6. The van der Waals surface area contributed by atoms with Crippen LogP contribution in [0, 0.1) is 13.8 Å². The average Bonchev–Trinajstić information content (AvgIpc) is 2.47. The number of nitrogens with one attached hydrogen (secondary N) is 1. The highest BCUT2D eigenvalue weighted by molar-refractivity contribution is 5.96. The molecule has 2 rings (SSSR count). The number of nitrogens with zero attached hydrogens (tertiary/aromatic N) is 2. The minimum absolute atomic E-state index is 0.0110. The van der Waals surface area contributed by atoms with Crippen molar-refractivity contribution in [3.63, 3.8) is 0 Å². The molecule has 17 heavy (non-hydrogen) atoms. The van der Waals surface area contributed by atoms with Crippen molar-refractivity contribution in [3.8, 4) is 0 Å². The van der Waals surface area contributed by atoms with Gasteiger partial charge in [-0.05, 0) is 33.1 Å². The summed E-state index contributed by atoms with van der Waals surface area (Å²) in [5.41, 5.74) is 1.82. The summed E-state index contributed by atoms with van der Waals surface area (Å²) in [6, 6.07) is 0. The van der Waals surface area contributed by atoms with Crippen LogP contribution in [0.5, 0.6) is 0 Å². The lowest BCUT2D eigenvalue weighted by Gasteiger charge is -2.40. The van der Waals surface area contributed by atoms with Gasteiger partial charge in [-0.3, -0.25) is 9.48 Å². The van der Waals surface area contributed by atoms with Gasteiger partial charge in [-0.15, -0.1) is 0 Å². The molecule has 5 heteroatoms. The van der Waals surface area contributed by atoms with Crippen molar-refractivity contribution in [3.05, 3.63) is 17.0 Å². The SMILES string of the molecule is Cc1nn(C)c(C)c1C(=O)NC1(CO)CCC1. The highest BCUT2D eigenvalue weighted by atomic mass is 16.3. The van der Waals surface area contributed by atoms with Crippen molar-refractivity contribution < 1.29 is 9.90 Å². The molecule has 0 radical (unpaired) electrons. The Morgan fingerprint density at radius 3 is 2.53 bits per heavy atom. The van der Waals surface area contributed by atoms with Gasteiger partial charge < -0.3 is 10.4 Å². The summed E-state index contributed by atoms with van der Waals surface area (Å²) in [7, 11) is 1.82. The molecule has 94 valence electrons. The third kappa shape index (κ3) is 1.95. The van der Waals surface area contributed by atoms with E-state index in [0.717, 1.165) is 30.7 Å². The fourth-order valence-corrected chi connectivity index (χ4v) is 2.33. The number of carbonyl (C=O) groups excluding carboxylic acids is 1. The Hall–Kier alpha value is -1.36. The van der Waals surface area contributed by atoms with Gasteiger partial charge in [0.15, 0.2) is 0 Å². The van der Waals surface area contributed by atoms with E-state index in [-0.39, 0.29) is 12.5 Å². The molecule has 1 aliphatic rings. The molecule has 0 saturated heterocycles. The fourth-order valence-electron chi connectivity index (χ4n) is 2.33. The predicted molar refractivity (Wildman–Crippen MR) is 63.8 cm³/mol. The number of amides is 1. The molecule has 0 aromatic carbocycles. The highest BCUT2D eigenvalue weighted by Gasteiger charge is 2.38. The van der Waals surface area contributed by atoms with Crippen molar-refractivity contribution in [1.29, 1.82) is 0 Å². The maximum atomic E-state index is 12.2. The molecule has 1 heterocycles. The van der Waals surface area contributed by atoms with Crippen molar-refractivity contribution >= 4 is 5.91 Å². The molecule has 0 atom stereocenters. The maximum absolute atomic E-state index is 12.2. The molecule has 5 nitrogen and oxygen atoms in total. The van der Waals surface area contributed by atoms with Crippen molar-refractivity contribution in [2.75, 3.05) is 6.61 Å². The third-order valence-corrected chi connectivity index (χ3v) is 3.73. The van der Waals surface area contributed by atoms with Crippen LogP contribution in [0.3, 0.4) is 0 Å². The van der Waals surface area contributed by atoms with Gasteiger partial charge in [0, 0.05) is 12.7 Å². The van der Waals surface area contributed by atoms with Gasteiger partial charge in [-0.25, -0.2) is 0 Å². The van der Waals surface area contributed by atoms with Gasteiger partial charge in [0.25, 0.3) is 5.91 Å². The molecule has 1 aliphatic carbocycles. The third-order valence-electron chi connectivity index (χ3n) is 3.73. The molecule has 0 aliphatic heterocycles. The zero-order chi connectivity index (χ0) is 12.6. The average molecular weight is 237 g/mol. The number of carbonyl (C=O) groups is 1. The fraction of sp³-hybridized carbons (Fsp3) is 0.667. The predicted octanol–water partition coefficient (Wildman–Crippen LogP) is 0.682. The largest absolute Gasteiger partial charge is 0.394 e. The van der Waals surface area contributed by atoms with Crippen molar-refractivity contribution in [1.82, 2.24) is 15.1 Å². The Kier molecular flexibility index (Phi) is 2.95. The Bertz CT molecular complexity index is 441. The molecule has 1 amide bonds. The van der Waals surface area contributed by atoms with Gasteiger partial charge in [-0.1, -0.05) is 0 Å². The van der Waals surface area contributed by atoms with Crippen LogP contribution < -0.4 is 5.32 Å². The first kappa shape index (κ1) is 12.1. The van der Waals surface area contributed by atoms with Crippen LogP contribution in [0.15, 0.2) is 0 Å². The minimum Gasteiger partial charge on any atom is -0.394 e. The Morgan fingerprint density at radius 2 is 2.18 bits per heavy atom. The van der Waals surface area contributed by atoms with Gasteiger partial charge in [0.05, 0.1) is 23.4 Å². The van der Waals surface area contributed by atoms with E-state index in [2.05, 4.69) is 10.4 Å². The lowest BCUT2D eigenvalue weighted by atomic mass is 9.77. The summed E-state index contributed by atoms with van der Waals surface area (Å²) in [5, 5.41) is 16.5. The summed E-state index contributed by atoms with van der Waals surface area (Å²) < 4.78 is 1.70. The number of rotatable bonds is 3. The van der Waals surface area contributed by atoms with Crippen molar-refractivity contribution in [2.45, 2.75) is 38.6 Å². The second-order valence-electron chi connectivity index (χ2n) is 4.92. The van der Waals surface area contributed by atoms with Gasteiger partial charge >= 0.3 is 0 Å². The van der Waals surface area contributed by atoms with Crippen LogP contribution in [0.1, 0.15) is 41.0 Å². The quantitative estimate of drug-likeness (QED) is 0.812. The van der Waals surface area contributed by atoms with Crippen LogP contribution >= 0.6 is 0 Å². The second kappa shape index (κ2) is 4.14. The van der Waals surface area contributed by atoms with Crippen molar-refractivity contribution in [2.24, 2.45) is 7.05 Å². The van der Waals surface area contributed by atoms with E-state index in [9.17, 15) is 9.90 Å². The minimum atomic E-state index is -0.397. The molecular weight excluding hydrogens is 218 g/mol. The standard InChI is InChI=1S/C12H19N3O2/c1-8-10(9(2)15(3)14-8)11(17)13-12(7-16)5-4-6-12/h16H,4-7H2,1-3H3,(H,13,17). The Morgan fingerprint density at radius 1 is 1.53 bits per heavy atom. The summed E-state index contributed by atoms with van der Waals surface area (Å²) in [6.07, 6.45) is 2.77. The first-order valence-electron chi connectivity index (χ1n) is 5.93. The molecule has 0 unspecified atom stereocenters. The van der Waals surface area contributed by atoms with E-state index in [1.54, 1.807) is 4.68 Å². The Labute approximate surface area is 101 Å². The van der Waals surface area contributed by atoms with Gasteiger partial charge in [-0.2, -0.15) is 5.10 Å². The zero-order valence-corrected chi connectivity index (χ0v) is 10.6. The lowest BCUT2D eigenvalue weighted by molar-refractivity contribution is 0.0640. The topological polar surface area (TPSA) is 67.2 Å². The van der Waals surface area contributed by atoms with Gasteiger partial charge in [0.2, 0.25) is 0 Å². The summed E-state index contributed by atoms with van der Waals surface area (Å²) in [4.78, 5) is 12.2. The number of aliphatic hydroxyl groups excluding tert-OH is 1. The molecule has 1 aromatic rings. The maximum Gasteiger partial charge on any atom is 0.255 e. The molecule has 1 fully saturated rings. The van der Waals surface area contributed by atoms with E-state index in [0.29, 0.717) is 5.56 Å². The van der Waals surface area contributed by atoms with E-state index in [1.165, 1.54) is 0 Å². The second-order valence-corrected chi connectivity index (χ2v) is 4.92. The number of aryl methyl sites for hydroxylation is 2. The molecule has 1 aromatic heterocycles. The van der Waals surface area contributed by atoms with E-state index < -0.39 is 5.54 Å². The van der Waals surface area contributed by atoms with Crippen LogP contribution in [0.4, 0.5) is 0 Å². The number of aromatic nitrogens is 2. The molecular formula is C12H19N3O2. The number of aliphatic hydroxyl groups is 1. The molecule has 0 spiro atoms. The highest BCUT2D eigenvalue weighted by Crippen LogP contribution is 2.31. The smallest absolute Gasteiger partial charge is 0.255 e. The van der Waals surface area contributed by atoms with Crippen LogP contribution in [-0.4, -0.2) is 32.9 Å². The summed E-state index contributed by atoms with van der Waals surface area (Å²) in [6.45, 7) is 3.71. The van der Waals surface area contributed by atoms with E-state index >= 15 is 0 Å². The monoisotopic (exact) mass is 237 g/mol.